The summed E-state index contributed by atoms with van der Waals surface area (Å²) in [6.07, 6.45) is 3.42. The first-order chi connectivity index (χ1) is 8.08. The summed E-state index contributed by atoms with van der Waals surface area (Å²) in [6, 6.07) is 0. The van der Waals surface area contributed by atoms with E-state index in [-0.39, 0.29) is 18.3 Å². The Balaban J connectivity index is 2.61. The summed E-state index contributed by atoms with van der Waals surface area (Å²) in [7, 11) is 3.13. The number of carbonyl (C=O) groups is 2. The van der Waals surface area contributed by atoms with Crippen molar-refractivity contribution in [3.8, 4) is 0 Å². The minimum absolute atomic E-state index is 0.169. The van der Waals surface area contributed by atoms with Gasteiger partial charge in [0, 0.05) is 26.3 Å². The van der Waals surface area contributed by atoms with Crippen LogP contribution in [-0.4, -0.2) is 46.5 Å². The first kappa shape index (κ1) is 13.2. The normalized spacial score (nSPS) is 10.1. The smallest absolute Gasteiger partial charge is 0.307 e. The van der Waals surface area contributed by atoms with Crippen LogP contribution in [0, 0.1) is 0 Å². The van der Waals surface area contributed by atoms with Gasteiger partial charge in [0.15, 0.2) is 0 Å². The predicted molar refractivity (Wildman–Crippen MR) is 61.4 cm³/mol. The quantitative estimate of drug-likeness (QED) is 0.700. The molecule has 1 aromatic heterocycles. The number of hydrogen-bond acceptors (Lipinski definition) is 4. The monoisotopic (exact) mass is 239 g/mol. The molecular formula is C11H17N3O3. The molecule has 6 nitrogen and oxygen atoms in total. The number of carbonyl (C=O) groups excluding carboxylic acids is 2. The second-order valence-corrected chi connectivity index (χ2v) is 3.64. The van der Waals surface area contributed by atoms with Gasteiger partial charge < -0.3 is 14.2 Å². The molecule has 0 aliphatic carbocycles. The van der Waals surface area contributed by atoms with Crippen LogP contribution in [0.5, 0.6) is 0 Å². The third-order valence-electron chi connectivity index (χ3n) is 2.41. The van der Waals surface area contributed by atoms with Crippen LogP contribution in [0.4, 0.5) is 0 Å². The van der Waals surface area contributed by atoms with Gasteiger partial charge in [0.2, 0.25) is 0 Å². The van der Waals surface area contributed by atoms with Crippen molar-refractivity contribution in [3.05, 3.63) is 18.2 Å². The number of rotatable bonds is 5. The number of nitrogens with zero attached hydrogens (tertiary/aromatic N) is 3. The summed E-state index contributed by atoms with van der Waals surface area (Å²) in [5.74, 6) is -0.491. The van der Waals surface area contributed by atoms with Crippen molar-refractivity contribution < 1.29 is 14.3 Å². The van der Waals surface area contributed by atoms with Crippen molar-refractivity contribution >= 4 is 11.9 Å². The molecule has 0 atom stereocenters. The minimum Gasteiger partial charge on any atom is -0.469 e. The zero-order valence-corrected chi connectivity index (χ0v) is 10.3. The molecule has 0 aliphatic rings. The summed E-state index contributed by atoms with van der Waals surface area (Å²) in [4.78, 5) is 28.6. The Hall–Kier alpha value is -1.85. The van der Waals surface area contributed by atoms with Crippen molar-refractivity contribution in [2.45, 2.75) is 13.3 Å². The van der Waals surface area contributed by atoms with Gasteiger partial charge in [-0.05, 0) is 6.92 Å². The summed E-state index contributed by atoms with van der Waals surface area (Å²) >= 11 is 0. The van der Waals surface area contributed by atoms with E-state index in [2.05, 4.69) is 9.72 Å². The zero-order chi connectivity index (χ0) is 12.8. The van der Waals surface area contributed by atoms with Crippen molar-refractivity contribution in [3.63, 3.8) is 0 Å². The van der Waals surface area contributed by atoms with E-state index >= 15 is 0 Å². The maximum Gasteiger partial charge on any atom is 0.307 e. The molecule has 0 fully saturated rings. The van der Waals surface area contributed by atoms with Crippen LogP contribution in [0.2, 0.25) is 0 Å². The van der Waals surface area contributed by atoms with Crippen LogP contribution >= 0.6 is 0 Å². The standard InChI is InChI=1S/C11H17N3O3/c1-4-14(6-5-10(15)17-3)11(16)9-7-13(2)8-12-9/h7-8H,4-6H2,1-3H3. The van der Waals surface area contributed by atoms with Crippen LogP contribution in [0.25, 0.3) is 0 Å². The Morgan fingerprint density at radius 3 is 2.71 bits per heavy atom. The number of hydrogen-bond donors (Lipinski definition) is 0. The summed E-state index contributed by atoms with van der Waals surface area (Å²) in [5.41, 5.74) is 0.388. The zero-order valence-electron chi connectivity index (χ0n) is 10.3. The minimum atomic E-state index is -0.322. The molecule has 0 spiro atoms. The lowest BCUT2D eigenvalue weighted by molar-refractivity contribution is -0.140. The number of ether oxygens (including phenoxy) is 1. The third-order valence-corrected chi connectivity index (χ3v) is 2.41. The van der Waals surface area contributed by atoms with E-state index in [0.29, 0.717) is 18.8 Å². The van der Waals surface area contributed by atoms with Crippen molar-refractivity contribution in [1.29, 1.82) is 0 Å². The number of imidazole rings is 1. The molecular weight excluding hydrogens is 222 g/mol. The van der Waals surface area contributed by atoms with Crippen LogP contribution in [0.15, 0.2) is 12.5 Å². The van der Waals surface area contributed by atoms with Crippen LogP contribution in [0.3, 0.4) is 0 Å². The topological polar surface area (TPSA) is 64.4 Å². The highest BCUT2D eigenvalue weighted by molar-refractivity contribution is 5.92. The van der Waals surface area contributed by atoms with Gasteiger partial charge in [0.25, 0.3) is 5.91 Å². The van der Waals surface area contributed by atoms with Crippen LogP contribution in [0.1, 0.15) is 23.8 Å². The Kier molecular flexibility index (Phi) is 4.68. The number of esters is 1. The largest absolute Gasteiger partial charge is 0.469 e. The average molecular weight is 239 g/mol. The van der Waals surface area contributed by atoms with E-state index < -0.39 is 0 Å². The van der Waals surface area contributed by atoms with E-state index in [0.717, 1.165) is 0 Å². The molecule has 6 heteroatoms. The maximum absolute atomic E-state index is 12.0. The fraction of sp³-hybridized carbons (Fsp3) is 0.545. The van der Waals surface area contributed by atoms with Gasteiger partial charge in [0.05, 0.1) is 19.9 Å². The van der Waals surface area contributed by atoms with Crippen molar-refractivity contribution in [1.82, 2.24) is 14.5 Å². The molecule has 0 aliphatic heterocycles. The number of amides is 1. The first-order valence-electron chi connectivity index (χ1n) is 5.42. The Morgan fingerprint density at radius 2 is 2.24 bits per heavy atom. The van der Waals surface area contributed by atoms with Gasteiger partial charge in [0.1, 0.15) is 5.69 Å². The molecule has 0 saturated heterocycles. The van der Waals surface area contributed by atoms with Gasteiger partial charge in [-0.15, -0.1) is 0 Å². The molecule has 0 radical (unpaired) electrons. The van der Waals surface area contributed by atoms with Gasteiger partial charge in [-0.25, -0.2) is 4.98 Å². The molecule has 94 valence electrons. The summed E-state index contributed by atoms with van der Waals surface area (Å²) in [6.45, 7) is 2.74. The first-order valence-corrected chi connectivity index (χ1v) is 5.42. The number of methoxy groups -OCH3 is 1. The molecule has 1 aromatic rings. The highest BCUT2D eigenvalue weighted by Crippen LogP contribution is 2.03. The molecule has 1 amide bonds. The van der Waals surface area contributed by atoms with E-state index in [1.807, 2.05) is 6.92 Å². The lowest BCUT2D eigenvalue weighted by Gasteiger charge is -2.18. The van der Waals surface area contributed by atoms with Crippen LogP contribution in [-0.2, 0) is 16.6 Å². The summed E-state index contributed by atoms with van der Waals surface area (Å²) in [5, 5.41) is 0. The number of aryl methyl sites for hydroxylation is 1. The maximum atomic E-state index is 12.0. The molecule has 0 aromatic carbocycles. The van der Waals surface area contributed by atoms with E-state index in [1.165, 1.54) is 7.11 Å². The lowest BCUT2D eigenvalue weighted by atomic mass is 10.3. The predicted octanol–water partition coefficient (Wildman–Crippen LogP) is 0.445. The second-order valence-electron chi connectivity index (χ2n) is 3.64. The van der Waals surface area contributed by atoms with E-state index in [1.54, 1.807) is 29.0 Å². The average Bonchev–Trinajstić information content (AvgIpc) is 2.76. The summed E-state index contributed by atoms with van der Waals surface area (Å²) < 4.78 is 6.25. The number of aromatic nitrogens is 2. The fourth-order valence-electron chi connectivity index (χ4n) is 1.42. The fourth-order valence-corrected chi connectivity index (χ4v) is 1.42. The molecule has 0 bridgehead atoms. The second kappa shape index (κ2) is 6.03. The highest BCUT2D eigenvalue weighted by atomic mass is 16.5. The molecule has 0 saturated carbocycles. The van der Waals surface area contributed by atoms with Crippen LogP contribution < -0.4 is 0 Å². The van der Waals surface area contributed by atoms with Crippen molar-refractivity contribution in [2.75, 3.05) is 20.2 Å². The molecule has 17 heavy (non-hydrogen) atoms. The molecule has 0 N–H and O–H groups in total. The molecule has 1 rings (SSSR count). The SMILES string of the molecule is CCN(CCC(=O)OC)C(=O)c1cn(C)cn1. The lowest BCUT2D eigenvalue weighted by Crippen LogP contribution is -2.33. The van der Waals surface area contributed by atoms with Gasteiger partial charge in [-0.2, -0.15) is 0 Å². The van der Waals surface area contributed by atoms with E-state index in [4.69, 9.17) is 0 Å². The van der Waals surface area contributed by atoms with Gasteiger partial charge >= 0.3 is 5.97 Å². The van der Waals surface area contributed by atoms with Gasteiger partial charge in [-0.1, -0.05) is 0 Å². The molecule has 0 unspecified atom stereocenters. The third kappa shape index (κ3) is 3.58. The van der Waals surface area contributed by atoms with Crippen molar-refractivity contribution in [2.24, 2.45) is 7.05 Å². The Labute approximate surface area is 100 Å². The van der Waals surface area contributed by atoms with E-state index in [9.17, 15) is 9.59 Å². The Bertz CT molecular complexity index is 400. The molecule has 1 heterocycles. The Morgan fingerprint density at radius 1 is 1.53 bits per heavy atom. The van der Waals surface area contributed by atoms with Gasteiger partial charge in [-0.3, -0.25) is 9.59 Å². The highest BCUT2D eigenvalue weighted by Gasteiger charge is 2.17.